The van der Waals surface area contributed by atoms with Gasteiger partial charge in [-0.1, -0.05) is 25.7 Å². The van der Waals surface area contributed by atoms with E-state index in [1.807, 2.05) is 20.8 Å². The number of ketones is 1. The monoisotopic (exact) mass is 370 g/mol. The summed E-state index contributed by atoms with van der Waals surface area (Å²) in [6.07, 6.45) is 7.92. The molecule has 0 spiro atoms. The first kappa shape index (κ1) is 24.6. The Balaban J connectivity index is 3.73. The van der Waals surface area contributed by atoms with Crippen LogP contribution in [0.1, 0.15) is 98.8 Å². The number of carboxylic acids is 1. The molecule has 0 fully saturated rings. The Morgan fingerprint density at radius 1 is 0.769 bits per heavy atom. The molecule has 0 aromatic carbocycles. The molecule has 0 aromatic heterocycles. The molecule has 0 atom stereocenters. The average molecular weight is 371 g/mol. The van der Waals surface area contributed by atoms with Gasteiger partial charge in [0.15, 0.2) is 0 Å². The van der Waals surface area contributed by atoms with E-state index in [0.29, 0.717) is 25.9 Å². The number of ether oxygens (including phenoxy) is 1. The fourth-order valence-corrected chi connectivity index (χ4v) is 2.79. The second kappa shape index (κ2) is 12.1. The Bertz CT molecular complexity index is 451. The largest absolute Gasteiger partial charge is 0.481 e. The third-order valence-electron chi connectivity index (χ3n) is 4.92. The van der Waals surface area contributed by atoms with Gasteiger partial charge in [0.2, 0.25) is 0 Å². The smallest absolute Gasteiger partial charge is 0.311 e. The summed E-state index contributed by atoms with van der Waals surface area (Å²) in [4.78, 5) is 34.7. The molecule has 0 aliphatic carbocycles. The van der Waals surface area contributed by atoms with Crippen LogP contribution in [0.4, 0.5) is 0 Å². The first-order chi connectivity index (χ1) is 12.0. The van der Waals surface area contributed by atoms with E-state index in [0.717, 1.165) is 44.9 Å². The minimum absolute atomic E-state index is 0.151. The number of esters is 1. The molecule has 5 heteroatoms. The van der Waals surface area contributed by atoms with E-state index in [1.54, 1.807) is 13.8 Å². The van der Waals surface area contributed by atoms with Gasteiger partial charge in [-0.25, -0.2) is 0 Å². The quantitative estimate of drug-likeness (QED) is 0.318. The molecule has 0 bridgehead atoms. The van der Waals surface area contributed by atoms with Crippen molar-refractivity contribution < 1.29 is 24.2 Å². The number of hydrogen-bond donors (Lipinski definition) is 1. The number of carbonyl (C=O) groups excluding carboxylic acids is 2. The number of hydrogen-bond acceptors (Lipinski definition) is 4. The Kier molecular flexibility index (Phi) is 11.4. The first-order valence-corrected chi connectivity index (χ1v) is 9.95. The van der Waals surface area contributed by atoms with Crippen LogP contribution in [-0.2, 0) is 19.1 Å². The molecule has 26 heavy (non-hydrogen) atoms. The average Bonchev–Trinajstić information content (AvgIpc) is 2.54. The number of aliphatic carboxylic acids is 1. The lowest BCUT2D eigenvalue weighted by Crippen LogP contribution is -2.26. The number of unbranched alkanes of at least 4 members (excludes halogenated alkanes) is 4. The Hall–Kier alpha value is -1.39. The van der Waals surface area contributed by atoms with Gasteiger partial charge in [-0.15, -0.1) is 0 Å². The minimum Gasteiger partial charge on any atom is -0.481 e. The minimum atomic E-state index is -0.764. The van der Waals surface area contributed by atoms with Gasteiger partial charge in [0.1, 0.15) is 5.78 Å². The standard InChI is InChI=1S/C21H38O5/c1-6-26-19(25)21(4,5)16-12-8-10-14-17(22)13-9-7-11-15-20(2,3)18(23)24/h6-16H2,1-5H3,(H,23,24). The maximum atomic E-state index is 11.9. The molecular formula is C21H38O5. The summed E-state index contributed by atoms with van der Waals surface area (Å²) >= 11 is 0. The van der Waals surface area contributed by atoms with Crippen molar-refractivity contribution >= 4 is 17.7 Å². The van der Waals surface area contributed by atoms with Gasteiger partial charge in [0.05, 0.1) is 17.4 Å². The predicted molar refractivity (Wildman–Crippen MR) is 103 cm³/mol. The fraction of sp³-hybridized carbons (Fsp3) is 0.857. The molecule has 0 heterocycles. The Morgan fingerprint density at radius 3 is 1.65 bits per heavy atom. The van der Waals surface area contributed by atoms with E-state index in [9.17, 15) is 14.4 Å². The summed E-state index contributed by atoms with van der Waals surface area (Å²) in [6.45, 7) is 9.51. The van der Waals surface area contributed by atoms with Crippen molar-refractivity contribution in [2.24, 2.45) is 10.8 Å². The van der Waals surface area contributed by atoms with Gasteiger partial charge in [-0.3, -0.25) is 14.4 Å². The molecule has 0 saturated carbocycles. The highest BCUT2D eigenvalue weighted by atomic mass is 16.5. The highest BCUT2D eigenvalue weighted by molar-refractivity contribution is 5.78. The molecular weight excluding hydrogens is 332 g/mol. The topological polar surface area (TPSA) is 80.7 Å². The summed E-state index contributed by atoms with van der Waals surface area (Å²) in [6, 6.07) is 0. The lowest BCUT2D eigenvalue weighted by Gasteiger charge is -2.21. The van der Waals surface area contributed by atoms with E-state index in [1.165, 1.54) is 0 Å². The van der Waals surface area contributed by atoms with Gasteiger partial charge < -0.3 is 9.84 Å². The van der Waals surface area contributed by atoms with Crippen molar-refractivity contribution in [2.45, 2.75) is 98.8 Å². The van der Waals surface area contributed by atoms with E-state index in [2.05, 4.69) is 0 Å². The Labute approximate surface area is 158 Å². The lowest BCUT2D eigenvalue weighted by atomic mass is 9.86. The lowest BCUT2D eigenvalue weighted by molar-refractivity contribution is -0.154. The van der Waals surface area contributed by atoms with Crippen LogP contribution in [0.2, 0.25) is 0 Å². The molecule has 0 unspecified atom stereocenters. The highest BCUT2D eigenvalue weighted by Gasteiger charge is 2.28. The van der Waals surface area contributed by atoms with Crippen LogP contribution in [0.3, 0.4) is 0 Å². The SMILES string of the molecule is CCOC(=O)C(C)(C)CCCCCC(=O)CCCCCC(C)(C)C(=O)O. The molecule has 0 aliphatic rings. The van der Waals surface area contributed by atoms with Crippen LogP contribution >= 0.6 is 0 Å². The van der Waals surface area contributed by atoms with Crippen molar-refractivity contribution in [1.82, 2.24) is 0 Å². The molecule has 0 radical (unpaired) electrons. The van der Waals surface area contributed by atoms with Gasteiger partial charge in [-0.2, -0.15) is 0 Å². The molecule has 0 saturated heterocycles. The van der Waals surface area contributed by atoms with E-state index in [-0.39, 0.29) is 11.8 Å². The number of carbonyl (C=O) groups is 3. The second-order valence-corrected chi connectivity index (χ2v) is 8.45. The van der Waals surface area contributed by atoms with E-state index in [4.69, 9.17) is 9.84 Å². The van der Waals surface area contributed by atoms with Crippen molar-refractivity contribution in [2.75, 3.05) is 6.61 Å². The molecule has 0 aliphatic heterocycles. The van der Waals surface area contributed by atoms with Crippen molar-refractivity contribution in [3.63, 3.8) is 0 Å². The first-order valence-electron chi connectivity index (χ1n) is 9.95. The summed E-state index contributed by atoms with van der Waals surface area (Å²) in [7, 11) is 0. The van der Waals surface area contributed by atoms with Crippen LogP contribution < -0.4 is 0 Å². The van der Waals surface area contributed by atoms with Gasteiger partial charge in [0, 0.05) is 12.8 Å². The van der Waals surface area contributed by atoms with Crippen molar-refractivity contribution in [1.29, 1.82) is 0 Å². The van der Waals surface area contributed by atoms with Crippen molar-refractivity contribution in [3.8, 4) is 0 Å². The summed E-state index contributed by atoms with van der Waals surface area (Å²) in [5.74, 6) is -0.631. The maximum Gasteiger partial charge on any atom is 0.311 e. The molecule has 0 rings (SSSR count). The number of Topliss-reactive ketones (excluding diaryl/α,β-unsaturated/α-hetero) is 1. The normalized spacial score (nSPS) is 12.0. The van der Waals surface area contributed by atoms with Crippen molar-refractivity contribution in [3.05, 3.63) is 0 Å². The third kappa shape index (κ3) is 10.6. The summed E-state index contributed by atoms with van der Waals surface area (Å²) in [5.41, 5.74) is -1.13. The zero-order chi connectivity index (χ0) is 20.2. The van der Waals surface area contributed by atoms with Gasteiger partial charge in [-0.05, 0) is 60.3 Å². The number of carboxylic acid groups (broad SMARTS) is 1. The van der Waals surface area contributed by atoms with E-state index >= 15 is 0 Å². The summed E-state index contributed by atoms with van der Waals surface area (Å²) < 4.78 is 5.07. The molecule has 152 valence electrons. The van der Waals surface area contributed by atoms with Crippen LogP contribution in [0.15, 0.2) is 0 Å². The zero-order valence-corrected chi connectivity index (χ0v) is 17.4. The molecule has 0 amide bonds. The second-order valence-electron chi connectivity index (χ2n) is 8.45. The van der Waals surface area contributed by atoms with Crippen LogP contribution in [0, 0.1) is 10.8 Å². The highest BCUT2D eigenvalue weighted by Crippen LogP contribution is 2.26. The predicted octanol–water partition coefficient (Wildman–Crippen LogP) is 5.16. The fourth-order valence-electron chi connectivity index (χ4n) is 2.79. The summed E-state index contributed by atoms with van der Waals surface area (Å²) in [5, 5.41) is 9.05. The molecule has 1 N–H and O–H groups in total. The van der Waals surface area contributed by atoms with E-state index < -0.39 is 16.8 Å². The third-order valence-corrected chi connectivity index (χ3v) is 4.92. The molecule has 0 aromatic rings. The van der Waals surface area contributed by atoms with Crippen LogP contribution in [0.25, 0.3) is 0 Å². The van der Waals surface area contributed by atoms with Gasteiger partial charge in [0.25, 0.3) is 0 Å². The maximum absolute atomic E-state index is 11.9. The van der Waals surface area contributed by atoms with Gasteiger partial charge >= 0.3 is 11.9 Å². The zero-order valence-electron chi connectivity index (χ0n) is 17.4. The van der Waals surface area contributed by atoms with Crippen LogP contribution in [0.5, 0.6) is 0 Å². The molecule has 5 nitrogen and oxygen atoms in total. The Morgan fingerprint density at radius 2 is 1.23 bits per heavy atom. The van der Waals surface area contributed by atoms with Crippen LogP contribution in [-0.4, -0.2) is 29.4 Å². The number of rotatable bonds is 15.